The second-order valence-corrected chi connectivity index (χ2v) is 6.64. The predicted octanol–water partition coefficient (Wildman–Crippen LogP) is 6.03. The Bertz CT molecular complexity index is 351. The van der Waals surface area contributed by atoms with Gasteiger partial charge in [-0.25, -0.2) is 0 Å². The van der Waals surface area contributed by atoms with Gasteiger partial charge >= 0.3 is 0 Å². The SMILES string of the molecule is CCCCCCCC1CCC(COc2cc[c]cc2)CC1. The summed E-state index contributed by atoms with van der Waals surface area (Å²) in [5.41, 5.74) is 0. The Labute approximate surface area is 131 Å². The largest absolute Gasteiger partial charge is 0.493 e. The molecule has 0 aromatic heterocycles. The zero-order valence-electron chi connectivity index (χ0n) is 13.7. The van der Waals surface area contributed by atoms with Crippen molar-refractivity contribution in [3.63, 3.8) is 0 Å². The third-order valence-electron chi connectivity index (χ3n) is 4.86. The highest BCUT2D eigenvalue weighted by atomic mass is 16.5. The molecule has 0 heterocycles. The van der Waals surface area contributed by atoms with E-state index in [2.05, 4.69) is 13.0 Å². The fraction of sp³-hybridized carbons (Fsp3) is 0.700. The summed E-state index contributed by atoms with van der Waals surface area (Å²) in [6.45, 7) is 3.18. The fourth-order valence-electron chi connectivity index (χ4n) is 3.41. The molecule has 1 aliphatic rings. The molecule has 0 spiro atoms. The summed E-state index contributed by atoms with van der Waals surface area (Å²) >= 11 is 0. The molecule has 1 fully saturated rings. The molecule has 1 nitrogen and oxygen atoms in total. The van der Waals surface area contributed by atoms with Crippen molar-refractivity contribution in [3.8, 4) is 5.75 Å². The number of unbranched alkanes of at least 4 members (excludes halogenated alkanes) is 4. The maximum Gasteiger partial charge on any atom is 0.119 e. The predicted molar refractivity (Wildman–Crippen MR) is 89.6 cm³/mol. The van der Waals surface area contributed by atoms with E-state index >= 15 is 0 Å². The van der Waals surface area contributed by atoms with Crippen LogP contribution in [0.25, 0.3) is 0 Å². The maximum atomic E-state index is 5.89. The lowest BCUT2D eigenvalue weighted by Crippen LogP contribution is -2.20. The Morgan fingerprint density at radius 2 is 1.62 bits per heavy atom. The lowest BCUT2D eigenvalue weighted by molar-refractivity contribution is 0.177. The summed E-state index contributed by atoms with van der Waals surface area (Å²) in [6, 6.07) is 10.9. The smallest absolute Gasteiger partial charge is 0.119 e. The number of rotatable bonds is 9. The highest BCUT2D eigenvalue weighted by Crippen LogP contribution is 2.32. The van der Waals surface area contributed by atoms with Crippen LogP contribution in [-0.2, 0) is 0 Å². The van der Waals surface area contributed by atoms with Crippen molar-refractivity contribution in [1.82, 2.24) is 0 Å². The number of hydrogen-bond acceptors (Lipinski definition) is 1. The first-order valence-corrected chi connectivity index (χ1v) is 8.97. The molecular formula is C20H31O. The molecular weight excluding hydrogens is 256 g/mol. The van der Waals surface area contributed by atoms with Crippen molar-refractivity contribution in [2.24, 2.45) is 11.8 Å². The van der Waals surface area contributed by atoms with Gasteiger partial charge in [-0.2, -0.15) is 0 Å². The summed E-state index contributed by atoms with van der Waals surface area (Å²) in [4.78, 5) is 0. The minimum atomic E-state index is 0.769. The van der Waals surface area contributed by atoms with Crippen LogP contribution >= 0.6 is 0 Å². The van der Waals surface area contributed by atoms with Gasteiger partial charge in [-0.15, -0.1) is 0 Å². The Hall–Kier alpha value is -0.980. The molecule has 0 saturated heterocycles. The lowest BCUT2D eigenvalue weighted by Gasteiger charge is -2.28. The summed E-state index contributed by atoms with van der Waals surface area (Å²) in [5, 5.41) is 0. The molecule has 0 atom stereocenters. The van der Waals surface area contributed by atoms with E-state index in [0.29, 0.717) is 0 Å². The topological polar surface area (TPSA) is 9.23 Å². The average molecular weight is 287 g/mol. The van der Waals surface area contributed by atoms with Crippen LogP contribution in [0.1, 0.15) is 71.1 Å². The molecule has 0 amide bonds. The zero-order chi connectivity index (χ0) is 14.8. The number of benzene rings is 1. The zero-order valence-corrected chi connectivity index (χ0v) is 13.7. The molecule has 21 heavy (non-hydrogen) atoms. The first-order chi connectivity index (χ1) is 10.4. The van der Waals surface area contributed by atoms with Crippen LogP contribution in [0.15, 0.2) is 24.3 Å². The van der Waals surface area contributed by atoms with Crippen LogP contribution in [-0.4, -0.2) is 6.61 Å². The van der Waals surface area contributed by atoms with Crippen LogP contribution in [0.4, 0.5) is 0 Å². The monoisotopic (exact) mass is 287 g/mol. The molecule has 0 aliphatic heterocycles. The molecule has 0 bridgehead atoms. The Morgan fingerprint density at radius 1 is 0.952 bits per heavy atom. The number of ether oxygens (including phenoxy) is 1. The lowest BCUT2D eigenvalue weighted by atomic mass is 9.80. The van der Waals surface area contributed by atoms with E-state index in [-0.39, 0.29) is 0 Å². The second-order valence-electron chi connectivity index (χ2n) is 6.64. The van der Waals surface area contributed by atoms with Crippen molar-refractivity contribution in [3.05, 3.63) is 30.3 Å². The van der Waals surface area contributed by atoms with Crippen molar-refractivity contribution >= 4 is 0 Å². The van der Waals surface area contributed by atoms with Crippen molar-refractivity contribution < 1.29 is 4.74 Å². The van der Waals surface area contributed by atoms with Gasteiger partial charge in [0.15, 0.2) is 0 Å². The van der Waals surface area contributed by atoms with Gasteiger partial charge in [-0.1, -0.05) is 70.4 Å². The molecule has 2 rings (SSSR count). The molecule has 1 aromatic carbocycles. The molecule has 1 saturated carbocycles. The Morgan fingerprint density at radius 3 is 2.33 bits per heavy atom. The van der Waals surface area contributed by atoms with Gasteiger partial charge in [0.05, 0.1) is 6.61 Å². The van der Waals surface area contributed by atoms with E-state index in [1.807, 2.05) is 24.3 Å². The van der Waals surface area contributed by atoms with Crippen LogP contribution in [0, 0.1) is 17.9 Å². The average Bonchev–Trinajstić information content (AvgIpc) is 2.55. The van der Waals surface area contributed by atoms with Crippen LogP contribution in [0.5, 0.6) is 5.75 Å². The summed E-state index contributed by atoms with van der Waals surface area (Å²) in [5.74, 6) is 2.76. The molecule has 0 unspecified atom stereocenters. The molecule has 1 radical (unpaired) electrons. The first kappa shape index (κ1) is 16.4. The summed E-state index contributed by atoms with van der Waals surface area (Å²) in [6.07, 6.45) is 14.1. The van der Waals surface area contributed by atoms with Crippen molar-refractivity contribution in [2.45, 2.75) is 71.1 Å². The molecule has 1 aliphatic carbocycles. The standard InChI is InChI=1S/C20H31O/c1-2-3-4-5-7-10-18-13-15-19(16-14-18)17-21-20-11-8-6-9-12-20/h8-9,11-12,18-19H,2-5,7,10,13-17H2,1H3. The van der Waals surface area contributed by atoms with Gasteiger partial charge in [0, 0.05) is 0 Å². The Balaban J connectivity index is 1.54. The molecule has 117 valence electrons. The van der Waals surface area contributed by atoms with Crippen molar-refractivity contribution in [1.29, 1.82) is 0 Å². The molecule has 1 aromatic rings. The maximum absolute atomic E-state index is 5.89. The number of hydrogen-bond donors (Lipinski definition) is 0. The second kappa shape index (κ2) is 9.87. The summed E-state index contributed by atoms with van der Waals surface area (Å²) < 4.78 is 5.89. The van der Waals surface area contributed by atoms with Gasteiger partial charge in [0.1, 0.15) is 5.75 Å². The highest BCUT2D eigenvalue weighted by molar-refractivity contribution is 5.20. The van der Waals surface area contributed by atoms with Crippen LogP contribution in [0.3, 0.4) is 0 Å². The van der Waals surface area contributed by atoms with E-state index < -0.39 is 0 Å². The van der Waals surface area contributed by atoms with E-state index in [9.17, 15) is 0 Å². The fourth-order valence-corrected chi connectivity index (χ4v) is 3.41. The van der Waals surface area contributed by atoms with Gasteiger partial charge in [-0.3, -0.25) is 0 Å². The Kier molecular flexibility index (Phi) is 7.70. The highest BCUT2D eigenvalue weighted by Gasteiger charge is 2.21. The van der Waals surface area contributed by atoms with E-state index in [4.69, 9.17) is 4.74 Å². The third-order valence-corrected chi connectivity index (χ3v) is 4.86. The third kappa shape index (κ3) is 6.54. The minimum absolute atomic E-state index is 0.769. The van der Waals surface area contributed by atoms with Gasteiger partial charge in [0.2, 0.25) is 0 Å². The summed E-state index contributed by atoms with van der Waals surface area (Å²) in [7, 11) is 0. The molecule has 0 N–H and O–H groups in total. The quantitative estimate of drug-likeness (QED) is 0.504. The van der Waals surface area contributed by atoms with E-state index in [1.165, 1.54) is 64.2 Å². The van der Waals surface area contributed by atoms with Crippen molar-refractivity contribution in [2.75, 3.05) is 6.61 Å². The van der Waals surface area contributed by atoms with Crippen LogP contribution in [0.2, 0.25) is 0 Å². The van der Waals surface area contributed by atoms with E-state index in [1.54, 1.807) is 0 Å². The van der Waals surface area contributed by atoms with Crippen LogP contribution < -0.4 is 4.74 Å². The normalized spacial score (nSPS) is 22.1. The minimum Gasteiger partial charge on any atom is -0.493 e. The van der Waals surface area contributed by atoms with Gasteiger partial charge in [0.25, 0.3) is 0 Å². The van der Waals surface area contributed by atoms with Gasteiger partial charge in [-0.05, 0) is 42.9 Å². The van der Waals surface area contributed by atoms with Gasteiger partial charge < -0.3 is 4.74 Å². The first-order valence-electron chi connectivity index (χ1n) is 8.97. The van der Waals surface area contributed by atoms with E-state index in [0.717, 1.165) is 24.2 Å². The molecule has 1 heteroatoms.